The van der Waals surface area contributed by atoms with Crippen molar-refractivity contribution in [3.8, 4) is 5.75 Å². The summed E-state index contributed by atoms with van der Waals surface area (Å²) in [4.78, 5) is 0. The predicted molar refractivity (Wildman–Crippen MR) is 54.7 cm³/mol. The number of fused-ring (bicyclic) bond motifs is 1. The summed E-state index contributed by atoms with van der Waals surface area (Å²) < 4.78 is 5.56. The van der Waals surface area contributed by atoms with Gasteiger partial charge in [-0.3, -0.25) is 0 Å². The first kappa shape index (κ1) is 8.70. The summed E-state index contributed by atoms with van der Waals surface area (Å²) >= 11 is 6.00. The number of ether oxygens (including phenoxy) is 1. The molecule has 0 saturated heterocycles. The van der Waals surface area contributed by atoms with Crippen molar-refractivity contribution in [3.63, 3.8) is 0 Å². The number of rotatable bonds is 0. The molecule has 1 aromatic carbocycles. The average molecular weight is 198 g/mol. The summed E-state index contributed by atoms with van der Waals surface area (Å²) in [5.41, 5.74) is 1.01. The van der Waals surface area contributed by atoms with Gasteiger partial charge in [-0.2, -0.15) is 0 Å². The Hall–Kier alpha value is -0.890. The molecule has 1 aliphatic heterocycles. The molecule has 0 spiro atoms. The Morgan fingerprint density at radius 2 is 2.23 bits per heavy atom. The summed E-state index contributed by atoms with van der Waals surface area (Å²) in [6.07, 6.45) is 2.23. The first-order valence-electron chi connectivity index (χ1n) is 4.53. The molecule has 3 heteroatoms. The molecule has 0 unspecified atom stereocenters. The second-order valence-electron chi connectivity index (χ2n) is 3.10. The van der Waals surface area contributed by atoms with E-state index in [1.165, 1.54) is 0 Å². The van der Waals surface area contributed by atoms with Crippen LogP contribution in [0, 0.1) is 0 Å². The van der Waals surface area contributed by atoms with Crippen LogP contribution in [-0.2, 0) is 0 Å². The van der Waals surface area contributed by atoms with Crippen molar-refractivity contribution in [2.45, 2.75) is 12.8 Å². The van der Waals surface area contributed by atoms with Crippen molar-refractivity contribution in [2.24, 2.45) is 0 Å². The minimum absolute atomic E-state index is 0.687. The van der Waals surface area contributed by atoms with Gasteiger partial charge in [0.05, 0.1) is 17.3 Å². The highest BCUT2D eigenvalue weighted by molar-refractivity contribution is 6.32. The van der Waals surface area contributed by atoms with E-state index in [2.05, 4.69) is 5.32 Å². The highest BCUT2D eigenvalue weighted by Crippen LogP contribution is 2.33. The third kappa shape index (κ3) is 1.89. The number of hydrogen-bond donors (Lipinski definition) is 1. The Balaban J connectivity index is 2.33. The van der Waals surface area contributed by atoms with Crippen molar-refractivity contribution in [1.29, 1.82) is 0 Å². The molecule has 1 aromatic rings. The third-order valence-corrected chi connectivity index (χ3v) is 2.40. The van der Waals surface area contributed by atoms with E-state index in [4.69, 9.17) is 16.3 Å². The van der Waals surface area contributed by atoms with Crippen LogP contribution in [-0.4, -0.2) is 13.2 Å². The summed E-state index contributed by atoms with van der Waals surface area (Å²) in [5, 5.41) is 3.98. The molecule has 0 amide bonds. The summed E-state index contributed by atoms with van der Waals surface area (Å²) in [5.74, 6) is 0.795. The molecule has 2 nitrogen and oxygen atoms in total. The smallest absolute Gasteiger partial charge is 0.160 e. The lowest BCUT2D eigenvalue weighted by Gasteiger charge is -2.17. The van der Waals surface area contributed by atoms with Gasteiger partial charge in [0.15, 0.2) is 5.75 Å². The average Bonchev–Trinajstić information content (AvgIpc) is 2.07. The standard InChI is InChI=1S/C10H12ClNO/c11-8-4-3-5-9-10(8)13-7-2-1-6-12-9/h3-5,12H,1-2,6-7H2. The third-order valence-electron chi connectivity index (χ3n) is 2.10. The fourth-order valence-corrected chi connectivity index (χ4v) is 1.65. The van der Waals surface area contributed by atoms with Crippen molar-refractivity contribution >= 4 is 17.3 Å². The monoisotopic (exact) mass is 197 g/mol. The molecule has 13 heavy (non-hydrogen) atoms. The number of hydrogen-bond acceptors (Lipinski definition) is 2. The SMILES string of the molecule is Clc1cccc2c1OCCCCN2. The van der Waals surface area contributed by atoms with Gasteiger partial charge >= 0.3 is 0 Å². The lowest BCUT2D eigenvalue weighted by Crippen LogP contribution is -2.10. The number of nitrogens with one attached hydrogen (secondary N) is 1. The van der Waals surface area contributed by atoms with Gasteiger partial charge < -0.3 is 10.1 Å². The van der Waals surface area contributed by atoms with Crippen LogP contribution in [0.1, 0.15) is 12.8 Å². The van der Waals surface area contributed by atoms with Gasteiger partial charge in [-0.1, -0.05) is 17.7 Å². The van der Waals surface area contributed by atoms with Crippen LogP contribution in [0.3, 0.4) is 0 Å². The maximum absolute atomic E-state index is 6.00. The highest BCUT2D eigenvalue weighted by atomic mass is 35.5. The van der Waals surface area contributed by atoms with E-state index in [1.54, 1.807) is 0 Å². The molecule has 0 saturated carbocycles. The Morgan fingerprint density at radius 3 is 3.15 bits per heavy atom. The zero-order chi connectivity index (χ0) is 9.10. The summed E-state index contributed by atoms with van der Waals surface area (Å²) in [6.45, 7) is 1.76. The maximum Gasteiger partial charge on any atom is 0.160 e. The quantitative estimate of drug-likeness (QED) is 0.691. The fraction of sp³-hybridized carbons (Fsp3) is 0.400. The molecule has 0 fully saturated rings. The number of anilines is 1. The van der Waals surface area contributed by atoms with Crippen LogP contribution in [0.2, 0.25) is 5.02 Å². The normalized spacial score (nSPS) is 16.1. The van der Waals surface area contributed by atoms with Gasteiger partial charge in [0.1, 0.15) is 0 Å². The lowest BCUT2D eigenvalue weighted by atomic mass is 10.2. The molecule has 1 N–H and O–H groups in total. The zero-order valence-electron chi connectivity index (χ0n) is 7.35. The molecular formula is C10H12ClNO. The van der Waals surface area contributed by atoms with Crippen LogP contribution < -0.4 is 10.1 Å². The van der Waals surface area contributed by atoms with Crippen molar-refractivity contribution in [2.75, 3.05) is 18.5 Å². The van der Waals surface area contributed by atoms with Gasteiger partial charge in [-0.15, -0.1) is 0 Å². The minimum Gasteiger partial charge on any atom is -0.490 e. The van der Waals surface area contributed by atoms with Crippen LogP contribution in [0.4, 0.5) is 5.69 Å². The van der Waals surface area contributed by atoms with E-state index in [0.717, 1.165) is 37.4 Å². The Labute approximate surface area is 82.9 Å². The van der Waals surface area contributed by atoms with Crippen LogP contribution in [0.25, 0.3) is 0 Å². The zero-order valence-corrected chi connectivity index (χ0v) is 8.10. The largest absolute Gasteiger partial charge is 0.490 e. The molecule has 70 valence electrons. The molecular weight excluding hydrogens is 186 g/mol. The van der Waals surface area contributed by atoms with E-state index in [9.17, 15) is 0 Å². The molecule has 0 bridgehead atoms. The Kier molecular flexibility index (Phi) is 2.60. The van der Waals surface area contributed by atoms with Gasteiger partial charge in [0, 0.05) is 6.54 Å². The maximum atomic E-state index is 6.00. The second kappa shape index (κ2) is 3.88. The van der Waals surface area contributed by atoms with Gasteiger partial charge in [0.25, 0.3) is 0 Å². The van der Waals surface area contributed by atoms with E-state index in [-0.39, 0.29) is 0 Å². The molecule has 0 aliphatic carbocycles. The van der Waals surface area contributed by atoms with E-state index >= 15 is 0 Å². The molecule has 1 heterocycles. The van der Waals surface area contributed by atoms with Crippen LogP contribution in [0.15, 0.2) is 18.2 Å². The summed E-state index contributed by atoms with van der Waals surface area (Å²) in [7, 11) is 0. The molecule has 0 aromatic heterocycles. The number of halogens is 1. The van der Waals surface area contributed by atoms with Crippen LogP contribution >= 0.6 is 11.6 Å². The molecule has 0 atom stereocenters. The molecule has 2 rings (SSSR count). The highest BCUT2D eigenvalue weighted by Gasteiger charge is 2.09. The van der Waals surface area contributed by atoms with E-state index in [0.29, 0.717) is 5.02 Å². The van der Waals surface area contributed by atoms with Crippen molar-refractivity contribution < 1.29 is 4.74 Å². The second-order valence-corrected chi connectivity index (χ2v) is 3.51. The van der Waals surface area contributed by atoms with Gasteiger partial charge in [0.2, 0.25) is 0 Å². The van der Waals surface area contributed by atoms with Gasteiger partial charge in [-0.05, 0) is 25.0 Å². The summed E-state index contributed by atoms with van der Waals surface area (Å²) in [6, 6.07) is 5.77. The van der Waals surface area contributed by atoms with Crippen molar-refractivity contribution in [1.82, 2.24) is 0 Å². The number of para-hydroxylation sites is 1. The van der Waals surface area contributed by atoms with Gasteiger partial charge in [-0.25, -0.2) is 0 Å². The van der Waals surface area contributed by atoms with E-state index < -0.39 is 0 Å². The molecule has 1 aliphatic rings. The fourth-order valence-electron chi connectivity index (χ4n) is 1.42. The molecule has 0 radical (unpaired) electrons. The van der Waals surface area contributed by atoms with Crippen LogP contribution in [0.5, 0.6) is 5.75 Å². The Bertz CT molecular complexity index is 301. The Morgan fingerprint density at radius 1 is 1.31 bits per heavy atom. The first-order valence-corrected chi connectivity index (χ1v) is 4.91. The lowest BCUT2D eigenvalue weighted by molar-refractivity contribution is 0.306. The van der Waals surface area contributed by atoms with E-state index in [1.807, 2.05) is 18.2 Å². The minimum atomic E-state index is 0.687. The first-order chi connectivity index (χ1) is 6.38. The number of benzene rings is 1. The predicted octanol–water partition coefficient (Wildman–Crippen LogP) is 2.92. The topological polar surface area (TPSA) is 21.3 Å². The van der Waals surface area contributed by atoms with Crippen molar-refractivity contribution in [3.05, 3.63) is 23.2 Å².